The molecule has 0 radical (unpaired) electrons. The lowest BCUT2D eigenvalue weighted by atomic mass is 9.98. The standard InChI is InChI=1S/C25H25N3O5/c1-27(2)16-17-7-9-18(10-8-17)20-6-4-3-5-19(20)15-26-25(29)21-13-23-24(33-12-11-32-23)14-22(21)28(30)31/h3-10,13-14H,11-12,15-16H2,1-2H3,(H,26,29). The number of nitrogens with one attached hydrogen (secondary N) is 1. The van der Waals surface area contributed by atoms with Crippen LogP contribution in [-0.4, -0.2) is 43.0 Å². The van der Waals surface area contributed by atoms with Crippen LogP contribution in [0, 0.1) is 10.1 Å². The monoisotopic (exact) mass is 447 g/mol. The molecule has 0 aromatic heterocycles. The number of nitro groups is 1. The van der Waals surface area contributed by atoms with Crippen molar-refractivity contribution in [3.63, 3.8) is 0 Å². The van der Waals surface area contributed by atoms with Crippen LogP contribution in [-0.2, 0) is 13.1 Å². The summed E-state index contributed by atoms with van der Waals surface area (Å²) >= 11 is 0. The van der Waals surface area contributed by atoms with Crippen molar-refractivity contribution in [2.45, 2.75) is 13.1 Å². The summed E-state index contributed by atoms with van der Waals surface area (Å²) in [6.07, 6.45) is 0. The lowest BCUT2D eigenvalue weighted by Gasteiger charge is -2.19. The van der Waals surface area contributed by atoms with Gasteiger partial charge in [0.2, 0.25) is 0 Å². The third kappa shape index (κ3) is 5.12. The maximum Gasteiger partial charge on any atom is 0.286 e. The quantitative estimate of drug-likeness (QED) is 0.434. The van der Waals surface area contributed by atoms with Gasteiger partial charge in [-0.25, -0.2) is 0 Å². The topological polar surface area (TPSA) is 93.9 Å². The smallest absolute Gasteiger partial charge is 0.286 e. The summed E-state index contributed by atoms with van der Waals surface area (Å²) in [6.45, 7) is 1.71. The first-order valence-corrected chi connectivity index (χ1v) is 10.6. The van der Waals surface area contributed by atoms with Crippen molar-refractivity contribution in [1.29, 1.82) is 0 Å². The number of rotatable bonds is 7. The predicted molar refractivity (Wildman–Crippen MR) is 125 cm³/mol. The van der Waals surface area contributed by atoms with E-state index in [0.29, 0.717) is 19.0 Å². The first kappa shape index (κ1) is 22.3. The van der Waals surface area contributed by atoms with Crippen LogP contribution in [0.5, 0.6) is 11.5 Å². The fourth-order valence-corrected chi connectivity index (χ4v) is 3.79. The molecule has 1 aliphatic heterocycles. The van der Waals surface area contributed by atoms with Gasteiger partial charge in [0.05, 0.1) is 11.0 Å². The van der Waals surface area contributed by atoms with E-state index < -0.39 is 10.8 Å². The molecule has 0 fully saturated rings. The molecule has 1 N–H and O–H groups in total. The van der Waals surface area contributed by atoms with E-state index in [0.717, 1.165) is 23.2 Å². The predicted octanol–water partition coefficient (Wildman–Crippen LogP) is 4.02. The van der Waals surface area contributed by atoms with Gasteiger partial charge in [0.25, 0.3) is 11.6 Å². The molecule has 1 amide bonds. The molecule has 1 heterocycles. The zero-order valence-corrected chi connectivity index (χ0v) is 18.5. The summed E-state index contributed by atoms with van der Waals surface area (Å²) in [5, 5.41) is 14.4. The van der Waals surface area contributed by atoms with E-state index >= 15 is 0 Å². The van der Waals surface area contributed by atoms with E-state index in [-0.39, 0.29) is 23.5 Å². The molecule has 1 aliphatic rings. The molecule has 0 aliphatic carbocycles. The fourth-order valence-electron chi connectivity index (χ4n) is 3.79. The number of hydrogen-bond donors (Lipinski definition) is 1. The van der Waals surface area contributed by atoms with Crippen molar-refractivity contribution >= 4 is 11.6 Å². The van der Waals surface area contributed by atoms with Gasteiger partial charge in [0, 0.05) is 19.2 Å². The highest BCUT2D eigenvalue weighted by atomic mass is 16.6. The number of nitro benzene ring substituents is 1. The van der Waals surface area contributed by atoms with Gasteiger partial charge in [-0.3, -0.25) is 14.9 Å². The molecule has 8 heteroatoms. The van der Waals surface area contributed by atoms with Crippen molar-refractivity contribution in [3.05, 3.63) is 87.5 Å². The van der Waals surface area contributed by atoms with Crippen LogP contribution in [0.15, 0.2) is 60.7 Å². The zero-order valence-electron chi connectivity index (χ0n) is 18.5. The Bertz CT molecular complexity index is 1180. The van der Waals surface area contributed by atoms with E-state index in [4.69, 9.17) is 9.47 Å². The third-order valence-corrected chi connectivity index (χ3v) is 5.32. The lowest BCUT2D eigenvalue weighted by Crippen LogP contribution is -2.25. The van der Waals surface area contributed by atoms with Crippen molar-refractivity contribution in [2.75, 3.05) is 27.3 Å². The van der Waals surface area contributed by atoms with Crippen molar-refractivity contribution in [1.82, 2.24) is 10.2 Å². The van der Waals surface area contributed by atoms with Gasteiger partial charge < -0.3 is 19.7 Å². The maximum absolute atomic E-state index is 12.9. The Morgan fingerprint density at radius 2 is 1.70 bits per heavy atom. The second-order valence-corrected chi connectivity index (χ2v) is 8.04. The molecule has 33 heavy (non-hydrogen) atoms. The summed E-state index contributed by atoms with van der Waals surface area (Å²) in [5.41, 5.74) is 3.77. The van der Waals surface area contributed by atoms with E-state index in [1.165, 1.54) is 17.7 Å². The average molecular weight is 447 g/mol. The Kier molecular flexibility index (Phi) is 6.55. The van der Waals surface area contributed by atoms with Crippen LogP contribution < -0.4 is 14.8 Å². The number of carbonyl (C=O) groups is 1. The van der Waals surface area contributed by atoms with Gasteiger partial charge >= 0.3 is 0 Å². The van der Waals surface area contributed by atoms with Crippen LogP contribution in [0.4, 0.5) is 5.69 Å². The summed E-state index contributed by atoms with van der Waals surface area (Å²) < 4.78 is 10.9. The first-order chi connectivity index (χ1) is 15.9. The molecule has 0 saturated carbocycles. The normalized spacial score (nSPS) is 12.5. The second-order valence-electron chi connectivity index (χ2n) is 8.04. The molecular weight excluding hydrogens is 422 g/mol. The molecule has 3 aromatic carbocycles. The minimum atomic E-state index is -0.587. The van der Waals surface area contributed by atoms with Gasteiger partial charge in [0.15, 0.2) is 11.5 Å². The Hall–Kier alpha value is -3.91. The minimum absolute atomic E-state index is 0.0604. The molecule has 170 valence electrons. The molecule has 3 aromatic rings. The minimum Gasteiger partial charge on any atom is -0.486 e. The van der Waals surface area contributed by atoms with Gasteiger partial charge in [-0.1, -0.05) is 48.5 Å². The number of carbonyl (C=O) groups excluding carboxylic acids is 1. The van der Waals surface area contributed by atoms with E-state index in [1.54, 1.807) is 0 Å². The molecule has 8 nitrogen and oxygen atoms in total. The summed E-state index contributed by atoms with van der Waals surface area (Å²) in [7, 11) is 4.05. The Balaban J connectivity index is 1.55. The van der Waals surface area contributed by atoms with Gasteiger partial charge in [-0.05, 0) is 36.3 Å². The van der Waals surface area contributed by atoms with Crippen LogP contribution in [0.3, 0.4) is 0 Å². The Morgan fingerprint density at radius 1 is 1.03 bits per heavy atom. The summed E-state index contributed by atoms with van der Waals surface area (Å²) in [4.78, 5) is 26.0. The summed E-state index contributed by atoms with van der Waals surface area (Å²) in [5.74, 6) is 0.0533. The molecule has 0 bridgehead atoms. The fraction of sp³-hybridized carbons (Fsp3) is 0.240. The molecule has 4 rings (SSSR count). The van der Waals surface area contributed by atoms with Gasteiger partial charge in [0.1, 0.15) is 18.8 Å². The van der Waals surface area contributed by atoms with E-state index in [9.17, 15) is 14.9 Å². The lowest BCUT2D eigenvalue weighted by molar-refractivity contribution is -0.385. The SMILES string of the molecule is CN(C)Cc1ccc(-c2ccccc2CNC(=O)c2cc3c(cc2[N+](=O)[O-])OCCO3)cc1. The molecule has 0 unspecified atom stereocenters. The molecule has 0 spiro atoms. The number of nitrogens with zero attached hydrogens (tertiary/aromatic N) is 2. The first-order valence-electron chi connectivity index (χ1n) is 10.6. The highest BCUT2D eigenvalue weighted by Gasteiger charge is 2.26. The van der Waals surface area contributed by atoms with Crippen molar-refractivity contribution in [3.8, 4) is 22.6 Å². The molecule has 0 atom stereocenters. The third-order valence-electron chi connectivity index (χ3n) is 5.32. The zero-order chi connectivity index (χ0) is 23.4. The van der Waals surface area contributed by atoms with E-state index in [2.05, 4.69) is 34.5 Å². The number of amides is 1. The average Bonchev–Trinajstić information content (AvgIpc) is 2.82. The summed E-state index contributed by atoms with van der Waals surface area (Å²) in [6, 6.07) is 18.7. The largest absolute Gasteiger partial charge is 0.486 e. The van der Waals surface area contributed by atoms with Crippen LogP contribution in [0.2, 0.25) is 0 Å². The number of benzene rings is 3. The van der Waals surface area contributed by atoms with Crippen LogP contribution in [0.1, 0.15) is 21.5 Å². The number of ether oxygens (including phenoxy) is 2. The highest BCUT2D eigenvalue weighted by Crippen LogP contribution is 2.36. The maximum atomic E-state index is 12.9. The molecular formula is C25H25N3O5. The number of hydrogen-bond acceptors (Lipinski definition) is 6. The van der Waals surface area contributed by atoms with Gasteiger partial charge in [-0.2, -0.15) is 0 Å². The van der Waals surface area contributed by atoms with Crippen LogP contribution in [0.25, 0.3) is 11.1 Å². The van der Waals surface area contributed by atoms with Gasteiger partial charge in [-0.15, -0.1) is 0 Å². The van der Waals surface area contributed by atoms with E-state index in [1.807, 2.05) is 38.4 Å². The van der Waals surface area contributed by atoms with Crippen LogP contribution >= 0.6 is 0 Å². The number of fused-ring (bicyclic) bond motifs is 1. The van der Waals surface area contributed by atoms with Crippen molar-refractivity contribution < 1.29 is 19.2 Å². The highest BCUT2D eigenvalue weighted by molar-refractivity contribution is 5.99. The second kappa shape index (κ2) is 9.70. The molecule has 0 saturated heterocycles. The Labute approximate surface area is 191 Å². The Morgan fingerprint density at radius 3 is 2.36 bits per heavy atom. The van der Waals surface area contributed by atoms with Crippen molar-refractivity contribution in [2.24, 2.45) is 0 Å².